The number of hydrogen-bond donors (Lipinski definition) is 2. The van der Waals surface area contributed by atoms with E-state index in [0.29, 0.717) is 19.8 Å². The monoisotopic (exact) mass is 430 g/mol. The van der Waals surface area contributed by atoms with Crippen molar-refractivity contribution in [1.29, 1.82) is 0 Å². The van der Waals surface area contributed by atoms with Gasteiger partial charge in [-0.2, -0.15) is 0 Å². The normalized spacial score (nSPS) is 19.0. The molecule has 1 saturated heterocycles. The summed E-state index contributed by atoms with van der Waals surface area (Å²) in [5.74, 6) is 0.583. The van der Waals surface area contributed by atoms with Crippen molar-refractivity contribution in [3.63, 3.8) is 0 Å². The molecule has 0 saturated carbocycles. The highest BCUT2D eigenvalue weighted by Crippen LogP contribution is 2.64. The van der Waals surface area contributed by atoms with Gasteiger partial charge in [-0.1, -0.05) is 32.0 Å². The molecule has 3 aromatic rings. The van der Waals surface area contributed by atoms with Gasteiger partial charge in [0.2, 0.25) is 6.49 Å². The summed E-state index contributed by atoms with van der Waals surface area (Å²) >= 11 is 6.02. The Morgan fingerprint density at radius 1 is 1.14 bits per heavy atom. The quantitative estimate of drug-likeness (QED) is 0.466. The lowest BCUT2D eigenvalue weighted by Gasteiger charge is -2.40. The molecule has 0 bridgehead atoms. The van der Waals surface area contributed by atoms with E-state index in [2.05, 4.69) is 36.3 Å². The molecular formula is C22H27N2O3PS. The zero-order valence-corrected chi connectivity index (χ0v) is 18.7. The molecule has 4 rings (SSSR count). The molecule has 1 aliphatic rings. The number of rotatable bonds is 6. The second kappa shape index (κ2) is 8.11. The van der Waals surface area contributed by atoms with Crippen LogP contribution in [0.3, 0.4) is 0 Å². The maximum absolute atomic E-state index is 6.25. The fourth-order valence-corrected chi connectivity index (χ4v) is 6.48. The van der Waals surface area contributed by atoms with Crippen LogP contribution >= 0.6 is 6.49 Å². The average Bonchev–Trinajstić information content (AvgIpc) is 3.14. The number of H-pyrrole nitrogens is 1. The summed E-state index contributed by atoms with van der Waals surface area (Å²) in [5, 5.41) is 4.72. The number of aromatic amines is 1. The predicted molar refractivity (Wildman–Crippen MR) is 122 cm³/mol. The second-order valence-corrected chi connectivity index (χ2v) is 11.7. The van der Waals surface area contributed by atoms with Crippen LogP contribution in [0.1, 0.15) is 32.1 Å². The van der Waals surface area contributed by atoms with E-state index in [4.69, 9.17) is 25.6 Å². The first-order chi connectivity index (χ1) is 13.9. The van der Waals surface area contributed by atoms with E-state index in [1.54, 1.807) is 0 Å². The Balaban J connectivity index is 1.70. The summed E-state index contributed by atoms with van der Waals surface area (Å²) in [6.45, 7) is 5.45. The van der Waals surface area contributed by atoms with E-state index in [9.17, 15) is 0 Å². The number of anilines is 1. The van der Waals surface area contributed by atoms with Gasteiger partial charge >= 0.3 is 0 Å². The van der Waals surface area contributed by atoms with Gasteiger partial charge in [0, 0.05) is 33.8 Å². The Kier molecular flexibility index (Phi) is 5.71. The van der Waals surface area contributed by atoms with E-state index in [0.717, 1.165) is 27.9 Å². The van der Waals surface area contributed by atoms with E-state index < -0.39 is 6.49 Å². The Morgan fingerprint density at radius 2 is 1.83 bits per heavy atom. The fraction of sp³-hybridized carbons (Fsp3) is 0.364. The Bertz CT molecular complexity index is 1020. The maximum atomic E-state index is 6.25. The van der Waals surface area contributed by atoms with Gasteiger partial charge in [-0.25, -0.2) is 0 Å². The van der Waals surface area contributed by atoms with Gasteiger partial charge < -0.3 is 24.1 Å². The Morgan fingerprint density at radius 3 is 2.52 bits per heavy atom. The van der Waals surface area contributed by atoms with Gasteiger partial charge in [-0.05, 0) is 49.1 Å². The highest BCUT2D eigenvalue weighted by Gasteiger charge is 2.40. The van der Waals surface area contributed by atoms with Crippen LogP contribution in [0.4, 0.5) is 5.69 Å². The van der Waals surface area contributed by atoms with E-state index >= 15 is 0 Å². The topological polar surface area (TPSA) is 55.5 Å². The van der Waals surface area contributed by atoms with Crippen LogP contribution in [0.25, 0.3) is 10.9 Å². The summed E-state index contributed by atoms with van der Waals surface area (Å²) in [6, 6.07) is 16.1. The zero-order valence-electron chi connectivity index (χ0n) is 17.0. The molecule has 0 radical (unpaired) electrons. The minimum absolute atomic E-state index is 0.0355. The summed E-state index contributed by atoms with van der Waals surface area (Å²) in [4.78, 5) is 3.35. The minimum atomic E-state index is -2.62. The lowest BCUT2D eigenvalue weighted by atomic mass is 9.97. The molecule has 2 aromatic carbocycles. The van der Waals surface area contributed by atoms with Crippen molar-refractivity contribution in [2.24, 2.45) is 5.41 Å². The highest BCUT2D eigenvalue weighted by atomic mass is 32.5. The summed E-state index contributed by atoms with van der Waals surface area (Å²) < 4.78 is 18.1. The SMILES string of the molecule is CCOc1ccc(NC(c2c[nH]c3ccccc23)P2(=S)OCC(C)(C)CO2)cc1. The Hall–Kier alpha value is -1.85. The molecule has 154 valence electrons. The van der Waals surface area contributed by atoms with E-state index in [1.165, 1.54) is 0 Å². The molecule has 1 atom stereocenters. The lowest BCUT2D eigenvalue weighted by molar-refractivity contribution is 0.0579. The third-order valence-electron chi connectivity index (χ3n) is 4.97. The second-order valence-electron chi connectivity index (χ2n) is 8.04. The van der Waals surface area contributed by atoms with E-state index in [1.807, 2.05) is 49.5 Å². The van der Waals surface area contributed by atoms with Crippen LogP contribution in [0.15, 0.2) is 54.7 Å². The maximum Gasteiger partial charge on any atom is 0.215 e. The number of aromatic nitrogens is 1. The Labute approximate surface area is 176 Å². The molecule has 1 aliphatic heterocycles. The number of benzene rings is 2. The molecule has 29 heavy (non-hydrogen) atoms. The third-order valence-corrected chi connectivity index (χ3v) is 8.25. The fourth-order valence-electron chi connectivity index (χ4n) is 3.38. The molecule has 5 nitrogen and oxygen atoms in total. The van der Waals surface area contributed by atoms with Crippen molar-refractivity contribution in [3.05, 3.63) is 60.3 Å². The van der Waals surface area contributed by atoms with Gasteiger partial charge in [0.25, 0.3) is 0 Å². The van der Waals surface area contributed by atoms with E-state index in [-0.39, 0.29) is 11.2 Å². The molecule has 0 aliphatic carbocycles. The van der Waals surface area contributed by atoms with Gasteiger partial charge in [0.05, 0.1) is 19.8 Å². The molecule has 1 unspecified atom stereocenters. The van der Waals surface area contributed by atoms with Crippen molar-refractivity contribution in [3.8, 4) is 5.75 Å². The molecule has 0 spiro atoms. The van der Waals surface area contributed by atoms with Crippen LogP contribution < -0.4 is 10.1 Å². The standard InChI is InChI=1S/C22H27N2O3PS/c1-4-25-17-11-9-16(10-12-17)24-21(28(29)26-14-22(2,3)15-27-28)19-13-23-20-8-6-5-7-18(19)20/h5-13,21,23-24H,4,14-15H2,1-3H3. The average molecular weight is 431 g/mol. The predicted octanol–water partition coefficient (Wildman–Crippen LogP) is 6.06. The van der Waals surface area contributed by atoms with Crippen molar-refractivity contribution < 1.29 is 13.8 Å². The summed E-state index contributed by atoms with van der Waals surface area (Å²) in [5.41, 5.74) is 3.05. The molecule has 1 fully saturated rings. The highest BCUT2D eigenvalue weighted by molar-refractivity contribution is 8.10. The number of para-hydroxylation sites is 1. The van der Waals surface area contributed by atoms with Crippen molar-refractivity contribution in [2.45, 2.75) is 26.6 Å². The van der Waals surface area contributed by atoms with Gasteiger partial charge in [0.1, 0.15) is 11.5 Å². The first kappa shape index (κ1) is 20.4. The molecule has 1 aromatic heterocycles. The van der Waals surface area contributed by atoms with Gasteiger partial charge in [0.15, 0.2) is 0 Å². The lowest BCUT2D eigenvalue weighted by Crippen LogP contribution is -2.31. The first-order valence-electron chi connectivity index (χ1n) is 9.84. The molecule has 0 amide bonds. The van der Waals surface area contributed by atoms with Crippen molar-refractivity contribution in [2.75, 3.05) is 25.1 Å². The van der Waals surface area contributed by atoms with Crippen molar-refractivity contribution >= 4 is 34.9 Å². The van der Waals surface area contributed by atoms with Gasteiger partial charge in [-0.15, -0.1) is 0 Å². The summed E-state index contributed by atoms with van der Waals surface area (Å²) in [7, 11) is 0. The zero-order chi connectivity index (χ0) is 20.5. The van der Waals surface area contributed by atoms with Crippen LogP contribution in [-0.2, 0) is 20.9 Å². The van der Waals surface area contributed by atoms with Crippen LogP contribution in [0, 0.1) is 5.41 Å². The summed E-state index contributed by atoms with van der Waals surface area (Å²) in [6.07, 6.45) is 2.01. The third kappa shape index (κ3) is 4.36. The number of nitrogens with one attached hydrogen (secondary N) is 2. The molecule has 2 heterocycles. The molecule has 7 heteroatoms. The molecular weight excluding hydrogens is 403 g/mol. The van der Waals surface area contributed by atoms with Gasteiger partial charge in [-0.3, -0.25) is 0 Å². The number of hydrogen-bond acceptors (Lipinski definition) is 5. The number of ether oxygens (including phenoxy) is 1. The minimum Gasteiger partial charge on any atom is -0.494 e. The smallest absolute Gasteiger partial charge is 0.215 e. The molecule has 2 N–H and O–H groups in total. The van der Waals surface area contributed by atoms with Crippen LogP contribution in [0.5, 0.6) is 5.75 Å². The number of fused-ring (bicyclic) bond motifs is 1. The van der Waals surface area contributed by atoms with Crippen LogP contribution in [0.2, 0.25) is 0 Å². The van der Waals surface area contributed by atoms with Crippen molar-refractivity contribution in [1.82, 2.24) is 4.98 Å². The first-order valence-corrected chi connectivity index (χ1v) is 12.6. The van der Waals surface area contributed by atoms with Crippen LogP contribution in [-0.4, -0.2) is 24.8 Å². The largest absolute Gasteiger partial charge is 0.494 e.